The van der Waals surface area contributed by atoms with E-state index in [0.29, 0.717) is 6.54 Å². The van der Waals surface area contributed by atoms with Crippen LogP contribution in [0.5, 0.6) is 0 Å². The number of nitrogens with one attached hydrogen (secondary N) is 1. The minimum Gasteiger partial charge on any atom is -0.468 e. The van der Waals surface area contributed by atoms with E-state index in [4.69, 9.17) is 4.42 Å². The van der Waals surface area contributed by atoms with E-state index >= 15 is 0 Å². The van der Waals surface area contributed by atoms with Gasteiger partial charge in [-0.2, -0.15) is 0 Å². The highest BCUT2D eigenvalue weighted by Gasteiger charge is 2.25. The van der Waals surface area contributed by atoms with E-state index in [1.807, 2.05) is 12.1 Å². The van der Waals surface area contributed by atoms with Crippen molar-refractivity contribution in [3.63, 3.8) is 0 Å². The van der Waals surface area contributed by atoms with Crippen LogP contribution in [0.3, 0.4) is 0 Å². The first-order chi connectivity index (χ1) is 11.2. The molecule has 6 heteroatoms. The van der Waals surface area contributed by atoms with Gasteiger partial charge in [-0.1, -0.05) is 6.07 Å². The zero-order valence-electron chi connectivity index (χ0n) is 13.0. The summed E-state index contributed by atoms with van der Waals surface area (Å²) in [4.78, 5) is 26.1. The first kappa shape index (κ1) is 15.6. The van der Waals surface area contributed by atoms with Crippen LogP contribution >= 0.6 is 0 Å². The minimum atomic E-state index is -0.176. The van der Waals surface area contributed by atoms with Crippen LogP contribution in [0.4, 0.5) is 0 Å². The minimum absolute atomic E-state index is 0.0323. The summed E-state index contributed by atoms with van der Waals surface area (Å²) >= 11 is 0. The maximum Gasteiger partial charge on any atom is 0.250 e. The van der Waals surface area contributed by atoms with Crippen molar-refractivity contribution in [2.24, 2.45) is 0 Å². The molecule has 1 saturated heterocycles. The van der Waals surface area contributed by atoms with Crippen LogP contribution < -0.4 is 10.9 Å². The van der Waals surface area contributed by atoms with Gasteiger partial charge < -0.3 is 14.3 Å². The Balaban J connectivity index is 1.61. The number of rotatable bonds is 6. The van der Waals surface area contributed by atoms with Crippen LogP contribution in [0.1, 0.15) is 24.6 Å². The molecule has 0 aromatic carbocycles. The van der Waals surface area contributed by atoms with Gasteiger partial charge in [-0.05, 0) is 44.1 Å². The smallest absolute Gasteiger partial charge is 0.250 e. The number of hydrogen-bond acceptors (Lipinski definition) is 4. The van der Waals surface area contributed by atoms with E-state index in [1.165, 1.54) is 23.5 Å². The lowest BCUT2D eigenvalue weighted by atomic mass is 10.2. The zero-order valence-corrected chi connectivity index (χ0v) is 13.0. The maximum absolute atomic E-state index is 12.1. The third-order valence-electron chi connectivity index (χ3n) is 4.16. The van der Waals surface area contributed by atoms with Crippen molar-refractivity contribution in [3.05, 3.63) is 58.9 Å². The second-order valence-electron chi connectivity index (χ2n) is 5.75. The van der Waals surface area contributed by atoms with Crippen molar-refractivity contribution in [2.75, 3.05) is 19.6 Å². The molecule has 0 radical (unpaired) electrons. The average Bonchev–Trinajstić information content (AvgIpc) is 3.23. The molecular weight excluding hydrogens is 294 g/mol. The molecule has 6 nitrogen and oxygen atoms in total. The zero-order chi connectivity index (χ0) is 16.1. The molecule has 1 atom stereocenters. The van der Waals surface area contributed by atoms with Crippen molar-refractivity contribution in [1.29, 1.82) is 0 Å². The molecule has 1 amide bonds. The van der Waals surface area contributed by atoms with Gasteiger partial charge in [-0.15, -0.1) is 0 Å². The summed E-state index contributed by atoms with van der Waals surface area (Å²) in [5, 5.41) is 2.92. The van der Waals surface area contributed by atoms with Gasteiger partial charge in [0.2, 0.25) is 5.91 Å². The molecule has 0 bridgehead atoms. The van der Waals surface area contributed by atoms with E-state index in [9.17, 15) is 9.59 Å². The standard InChI is InChI=1S/C17H21N3O3/c21-16(13-20-10-2-1-7-17(20)22)18-12-14(15-6-5-11-23-15)19-8-3-4-9-19/h1-2,5-7,10-11,14H,3-4,8-9,12-13H2,(H,18,21)/t14-/m1/s1. The van der Waals surface area contributed by atoms with Crippen LogP contribution in [-0.2, 0) is 11.3 Å². The van der Waals surface area contributed by atoms with Gasteiger partial charge in [0.1, 0.15) is 12.3 Å². The van der Waals surface area contributed by atoms with Crippen molar-refractivity contribution < 1.29 is 9.21 Å². The third kappa shape index (κ3) is 3.90. The number of furan rings is 1. The van der Waals surface area contributed by atoms with Crippen molar-refractivity contribution in [3.8, 4) is 0 Å². The van der Waals surface area contributed by atoms with Gasteiger partial charge in [-0.25, -0.2) is 0 Å². The monoisotopic (exact) mass is 315 g/mol. The van der Waals surface area contributed by atoms with Crippen LogP contribution in [0.2, 0.25) is 0 Å². The molecule has 23 heavy (non-hydrogen) atoms. The molecule has 2 aromatic heterocycles. The van der Waals surface area contributed by atoms with E-state index in [2.05, 4.69) is 10.2 Å². The summed E-state index contributed by atoms with van der Waals surface area (Å²) in [5.74, 6) is 0.693. The number of hydrogen-bond donors (Lipinski definition) is 1. The van der Waals surface area contributed by atoms with Gasteiger partial charge in [0.15, 0.2) is 0 Å². The Hall–Kier alpha value is -2.34. The number of carbonyl (C=O) groups excluding carboxylic acids is 1. The fourth-order valence-electron chi connectivity index (χ4n) is 2.96. The third-order valence-corrected chi connectivity index (χ3v) is 4.16. The molecule has 2 aromatic rings. The normalized spacial score (nSPS) is 16.3. The molecule has 1 aliphatic heterocycles. The first-order valence-electron chi connectivity index (χ1n) is 7.93. The predicted molar refractivity (Wildman–Crippen MR) is 86.0 cm³/mol. The second-order valence-corrected chi connectivity index (χ2v) is 5.75. The lowest BCUT2D eigenvalue weighted by Crippen LogP contribution is -2.39. The Labute approximate surface area is 134 Å². The van der Waals surface area contributed by atoms with Crippen LogP contribution in [0, 0.1) is 0 Å². The molecule has 122 valence electrons. The van der Waals surface area contributed by atoms with Crippen LogP contribution in [-0.4, -0.2) is 35.0 Å². The number of aromatic nitrogens is 1. The fraction of sp³-hybridized carbons (Fsp3) is 0.412. The van der Waals surface area contributed by atoms with Crippen molar-refractivity contribution >= 4 is 5.91 Å². The molecule has 1 aliphatic rings. The highest BCUT2D eigenvalue weighted by molar-refractivity contribution is 5.75. The topological polar surface area (TPSA) is 67.5 Å². The molecule has 1 fully saturated rings. The quantitative estimate of drug-likeness (QED) is 0.875. The second kappa shape index (κ2) is 7.28. The SMILES string of the molecule is O=C(Cn1ccccc1=O)NC[C@H](c1ccco1)N1CCCC1. The van der Waals surface area contributed by atoms with E-state index in [-0.39, 0.29) is 24.1 Å². The summed E-state index contributed by atoms with van der Waals surface area (Å²) in [7, 11) is 0. The molecule has 0 unspecified atom stereocenters. The molecule has 3 rings (SSSR count). The maximum atomic E-state index is 12.1. The largest absolute Gasteiger partial charge is 0.468 e. The van der Waals surface area contributed by atoms with Gasteiger partial charge in [0, 0.05) is 18.8 Å². The number of nitrogens with zero attached hydrogens (tertiary/aromatic N) is 2. The average molecular weight is 315 g/mol. The van der Waals surface area contributed by atoms with Crippen molar-refractivity contribution in [2.45, 2.75) is 25.4 Å². The molecule has 0 saturated carbocycles. The van der Waals surface area contributed by atoms with Crippen molar-refractivity contribution in [1.82, 2.24) is 14.8 Å². The van der Waals surface area contributed by atoms with Crippen LogP contribution in [0.25, 0.3) is 0 Å². The van der Waals surface area contributed by atoms with Crippen LogP contribution in [0.15, 0.2) is 52.0 Å². The highest BCUT2D eigenvalue weighted by Crippen LogP contribution is 2.24. The fourth-order valence-corrected chi connectivity index (χ4v) is 2.96. The van der Waals surface area contributed by atoms with Gasteiger partial charge in [-0.3, -0.25) is 14.5 Å². The number of amides is 1. The number of likely N-dealkylation sites (tertiary alicyclic amines) is 1. The van der Waals surface area contributed by atoms with E-state index < -0.39 is 0 Å². The Morgan fingerprint density at radius 1 is 1.22 bits per heavy atom. The lowest BCUT2D eigenvalue weighted by molar-refractivity contribution is -0.122. The predicted octanol–water partition coefficient (Wildman–Crippen LogP) is 1.39. The summed E-state index contributed by atoms with van der Waals surface area (Å²) < 4.78 is 6.93. The molecule has 0 spiro atoms. The summed E-state index contributed by atoms with van der Waals surface area (Å²) in [6, 6.07) is 8.70. The van der Waals surface area contributed by atoms with E-state index in [1.54, 1.807) is 24.6 Å². The van der Waals surface area contributed by atoms with Gasteiger partial charge in [0.05, 0.1) is 12.3 Å². The molecule has 1 N–H and O–H groups in total. The molecular formula is C17H21N3O3. The van der Waals surface area contributed by atoms with Gasteiger partial charge >= 0.3 is 0 Å². The Bertz CT molecular complexity index is 687. The first-order valence-corrected chi connectivity index (χ1v) is 7.93. The molecule has 3 heterocycles. The Kier molecular flexibility index (Phi) is 4.92. The Morgan fingerprint density at radius 3 is 2.74 bits per heavy atom. The molecule has 0 aliphatic carbocycles. The summed E-state index contributed by atoms with van der Waals surface area (Å²) in [6.07, 6.45) is 5.62. The summed E-state index contributed by atoms with van der Waals surface area (Å²) in [6.45, 7) is 2.54. The van der Waals surface area contributed by atoms with Gasteiger partial charge in [0.25, 0.3) is 5.56 Å². The van der Waals surface area contributed by atoms with E-state index in [0.717, 1.165) is 18.8 Å². The highest BCUT2D eigenvalue weighted by atomic mass is 16.3. The summed E-state index contributed by atoms with van der Waals surface area (Å²) in [5.41, 5.74) is -0.176. The number of pyridine rings is 1. The lowest BCUT2D eigenvalue weighted by Gasteiger charge is -2.26. The number of carbonyl (C=O) groups is 1. The Morgan fingerprint density at radius 2 is 2.04 bits per heavy atom.